The van der Waals surface area contributed by atoms with E-state index in [1.807, 2.05) is 4.90 Å². The van der Waals surface area contributed by atoms with Crippen molar-refractivity contribution in [2.75, 3.05) is 39.4 Å². The molecule has 0 spiro atoms. The summed E-state index contributed by atoms with van der Waals surface area (Å²) in [6.07, 6.45) is 6.92. The van der Waals surface area contributed by atoms with Gasteiger partial charge in [-0.25, -0.2) is 4.79 Å². The Bertz CT molecular complexity index is 300. The van der Waals surface area contributed by atoms with E-state index in [1.54, 1.807) is 0 Å². The number of carbonyl (C=O) groups is 1. The van der Waals surface area contributed by atoms with Gasteiger partial charge in [0.25, 0.3) is 0 Å². The molecule has 5 nitrogen and oxygen atoms in total. The standard InChI is InChI=1S/C16H30N2O3/c1-2-3-10-21-16(19)18-8-6-14(7-9-18)5-4-11-20-15-12-17-13-15/h14-15,17H,2-13H2,1H3. The molecular formula is C16H30N2O3. The first-order valence-electron chi connectivity index (χ1n) is 8.53. The topological polar surface area (TPSA) is 50.8 Å². The van der Waals surface area contributed by atoms with Gasteiger partial charge in [-0.1, -0.05) is 13.3 Å². The van der Waals surface area contributed by atoms with Gasteiger partial charge in [0.2, 0.25) is 0 Å². The lowest BCUT2D eigenvalue weighted by Gasteiger charge is -2.31. The van der Waals surface area contributed by atoms with Gasteiger partial charge < -0.3 is 19.7 Å². The maximum atomic E-state index is 11.8. The van der Waals surface area contributed by atoms with E-state index in [9.17, 15) is 4.79 Å². The Morgan fingerprint density at radius 3 is 2.57 bits per heavy atom. The van der Waals surface area contributed by atoms with E-state index in [-0.39, 0.29) is 6.09 Å². The molecular weight excluding hydrogens is 268 g/mol. The summed E-state index contributed by atoms with van der Waals surface area (Å²) < 4.78 is 11.0. The van der Waals surface area contributed by atoms with Gasteiger partial charge in [-0.2, -0.15) is 0 Å². The van der Waals surface area contributed by atoms with E-state index >= 15 is 0 Å². The Morgan fingerprint density at radius 2 is 1.95 bits per heavy atom. The van der Waals surface area contributed by atoms with Gasteiger partial charge in [-0.05, 0) is 38.0 Å². The minimum absolute atomic E-state index is 0.122. The zero-order valence-corrected chi connectivity index (χ0v) is 13.3. The zero-order valence-electron chi connectivity index (χ0n) is 13.3. The maximum absolute atomic E-state index is 11.8. The average Bonchev–Trinajstić information content (AvgIpc) is 2.46. The molecule has 0 saturated carbocycles. The van der Waals surface area contributed by atoms with Crippen LogP contribution in [0.2, 0.25) is 0 Å². The number of hydrogen-bond donors (Lipinski definition) is 1. The highest BCUT2D eigenvalue weighted by Crippen LogP contribution is 2.22. The monoisotopic (exact) mass is 298 g/mol. The molecule has 0 atom stereocenters. The SMILES string of the molecule is CCCCOC(=O)N1CCC(CCCOC2CNC2)CC1. The number of unbranched alkanes of at least 4 members (excludes halogenated alkanes) is 1. The van der Waals surface area contributed by atoms with Gasteiger partial charge in [-0.15, -0.1) is 0 Å². The van der Waals surface area contributed by atoms with Gasteiger partial charge in [0.05, 0.1) is 12.7 Å². The highest BCUT2D eigenvalue weighted by molar-refractivity contribution is 5.67. The van der Waals surface area contributed by atoms with Crippen molar-refractivity contribution >= 4 is 6.09 Å². The first-order valence-corrected chi connectivity index (χ1v) is 8.53. The Morgan fingerprint density at radius 1 is 1.19 bits per heavy atom. The van der Waals surface area contributed by atoms with Gasteiger partial charge in [-0.3, -0.25) is 0 Å². The Balaban J connectivity index is 1.49. The Kier molecular flexibility index (Phi) is 7.30. The molecule has 122 valence electrons. The molecule has 2 aliphatic heterocycles. The number of likely N-dealkylation sites (tertiary alicyclic amines) is 1. The molecule has 0 aromatic carbocycles. The molecule has 0 bridgehead atoms. The van der Waals surface area contributed by atoms with Crippen molar-refractivity contribution in [1.29, 1.82) is 0 Å². The van der Waals surface area contributed by atoms with Crippen molar-refractivity contribution in [3.63, 3.8) is 0 Å². The van der Waals surface area contributed by atoms with Crippen LogP contribution >= 0.6 is 0 Å². The third kappa shape index (κ3) is 5.83. The van der Waals surface area contributed by atoms with Gasteiger partial charge in [0, 0.05) is 32.8 Å². The molecule has 1 N–H and O–H groups in total. The third-order valence-electron chi connectivity index (χ3n) is 4.45. The number of nitrogens with one attached hydrogen (secondary N) is 1. The first-order chi connectivity index (χ1) is 10.3. The lowest BCUT2D eigenvalue weighted by Crippen LogP contribution is -2.48. The van der Waals surface area contributed by atoms with Crippen molar-refractivity contribution < 1.29 is 14.3 Å². The van der Waals surface area contributed by atoms with E-state index < -0.39 is 0 Å². The number of nitrogens with zero attached hydrogens (tertiary/aromatic N) is 1. The van der Waals surface area contributed by atoms with Crippen LogP contribution in [0.5, 0.6) is 0 Å². The molecule has 0 aromatic heterocycles. The smallest absolute Gasteiger partial charge is 0.409 e. The lowest BCUT2D eigenvalue weighted by molar-refractivity contribution is 0.0144. The lowest BCUT2D eigenvalue weighted by atomic mass is 9.92. The molecule has 5 heteroatoms. The highest BCUT2D eigenvalue weighted by Gasteiger charge is 2.23. The zero-order chi connectivity index (χ0) is 14.9. The van der Waals surface area contributed by atoms with E-state index in [1.165, 1.54) is 6.42 Å². The number of ether oxygens (including phenoxy) is 2. The van der Waals surface area contributed by atoms with E-state index in [2.05, 4.69) is 12.2 Å². The van der Waals surface area contributed by atoms with Crippen molar-refractivity contribution in [1.82, 2.24) is 10.2 Å². The molecule has 1 amide bonds. The summed E-state index contributed by atoms with van der Waals surface area (Å²) in [7, 11) is 0. The quantitative estimate of drug-likeness (QED) is 0.699. The maximum Gasteiger partial charge on any atom is 0.409 e. The molecule has 2 aliphatic rings. The molecule has 2 rings (SSSR count). The van der Waals surface area contributed by atoms with Crippen LogP contribution in [0.4, 0.5) is 4.79 Å². The molecule has 0 aliphatic carbocycles. The van der Waals surface area contributed by atoms with Crippen LogP contribution in [0.1, 0.15) is 45.4 Å². The van der Waals surface area contributed by atoms with Crippen LogP contribution in [0.15, 0.2) is 0 Å². The Labute approximate surface area is 128 Å². The van der Waals surface area contributed by atoms with Crippen LogP contribution in [0.25, 0.3) is 0 Å². The molecule has 21 heavy (non-hydrogen) atoms. The van der Waals surface area contributed by atoms with Gasteiger partial charge in [0.15, 0.2) is 0 Å². The van der Waals surface area contributed by atoms with E-state index in [0.29, 0.717) is 12.7 Å². The van der Waals surface area contributed by atoms with Crippen molar-refractivity contribution in [3.05, 3.63) is 0 Å². The Hall–Kier alpha value is -0.810. The number of hydrogen-bond acceptors (Lipinski definition) is 4. The number of carbonyl (C=O) groups excluding carboxylic acids is 1. The van der Waals surface area contributed by atoms with Gasteiger partial charge >= 0.3 is 6.09 Å². The summed E-state index contributed by atoms with van der Waals surface area (Å²) in [5, 5.41) is 3.21. The van der Waals surface area contributed by atoms with E-state index in [0.717, 1.165) is 70.8 Å². The normalized spacial score (nSPS) is 20.3. The second-order valence-electron chi connectivity index (χ2n) is 6.19. The van der Waals surface area contributed by atoms with Gasteiger partial charge in [0.1, 0.15) is 0 Å². The first kappa shape index (κ1) is 16.6. The fourth-order valence-electron chi connectivity index (χ4n) is 2.80. The molecule has 0 aromatic rings. The predicted octanol–water partition coefficient (Wildman–Crippen LogP) is 2.40. The van der Waals surface area contributed by atoms with Crippen LogP contribution in [0, 0.1) is 5.92 Å². The van der Waals surface area contributed by atoms with Crippen LogP contribution < -0.4 is 5.32 Å². The minimum atomic E-state index is -0.122. The van der Waals surface area contributed by atoms with Crippen LogP contribution in [-0.2, 0) is 9.47 Å². The molecule has 2 saturated heterocycles. The van der Waals surface area contributed by atoms with E-state index in [4.69, 9.17) is 9.47 Å². The molecule has 0 radical (unpaired) electrons. The minimum Gasteiger partial charge on any atom is -0.449 e. The van der Waals surface area contributed by atoms with Crippen molar-refractivity contribution in [2.45, 2.75) is 51.6 Å². The largest absolute Gasteiger partial charge is 0.449 e. The number of amides is 1. The molecule has 0 unspecified atom stereocenters. The van der Waals surface area contributed by atoms with Crippen molar-refractivity contribution in [2.24, 2.45) is 5.92 Å². The number of piperidine rings is 1. The molecule has 2 fully saturated rings. The fraction of sp³-hybridized carbons (Fsp3) is 0.938. The predicted molar refractivity (Wildman–Crippen MR) is 82.4 cm³/mol. The number of rotatable bonds is 8. The summed E-state index contributed by atoms with van der Waals surface area (Å²) in [5.74, 6) is 0.743. The van der Waals surface area contributed by atoms with Crippen molar-refractivity contribution in [3.8, 4) is 0 Å². The summed E-state index contributed by atoms with van der Waals surface area (Å²) in [6, 6.07) is 0. The molecule has 2 heterocycles. The second kappa shape index (κ2) is 9.26. The highest BCUT2D eigenvalue weighted by atomic mass is 16.6. The fourth-order valence-corrected chi connectivity index (χ4v) is 2.80. The summed E-state index contributed by atoms with van der Waals surface area (Å²) in [6.45, 7) is 7.27. The third-order valence-corrected chi connectivity index (χ3v) is 4.45. The second-order valence-corrected chi connectivity index (χ2v) is 6.19. The summed E-state index contributed by atoms with van der Waals surface area (Å²) >= 11 is 0. The average molecular weight is 298 g/mol. The summed E-state index contributed by atoms with van der Waals surface area (Å²) in [4.78, 5) is 13.7. The van der Waals surface area contributed by atoms with Crippen LogP contribution in [0.3, 0.4) is 0 Å². The van der Waals surface area contributed by atoms with Crippen LogP contribution in [-0.4, -0.2) is 56.5 Å². The summed E-state index contributed by atoms with van der Waals surface area (Å²) in [5.41, 5.74) is 0.